The zero-order valence-corrected chi connectivity index (χ0v) is 11.2. The van der Waals surface area contributed by atoms with Crippen LogP contribution in [-0.2, 0) is 0 Å². The van der Waals surface area contributed by atoms with Gasteiger partial charge in [0.1, 0.15) is 5.69 Å². The molecule has 0 spiro atoms. The monoisotopic (exact) mass is 314 g/mol. The second-order valence-electron chi connectivity index (χ2n) is 4.14. The number of methoxy groups -OCH3 is 1. The Kier molecular flexibility index (Phi) is 4.50. The first-order valence-electron chi connectivity index (χ1n) is 5.93. The zero-order valence-electron chi connectivity index (χ0n) is 11.2. The number of hydrogen-bond acceptors (Lipinski definition) is 4. The number of benzene rings is 2. The van der Waals surface area contributed by atoms with E-state index in [1.165, 1.54) is 25.3 Å². The Balaban J connectivity index is 2.23. The molecule has 0 heterocycles. The Morgan fingerprint density at radius 3 is 2.32 bits per heavy atom. The summed E-state index contributed by atoms with van der Waals surface area (Å²) in [4.78, 5) is 0. The van der Waals surface area contributed by atoms with Crippen LogP contribution in [0.15, 0.2) is 29.4 Å². The Bertz CT molecular complexity index is 709. The minimum Gasteiger partial charge on any atom is -0.504 e. The summed E-state index contributed by atoms with van der Waals surface area (Å²) in [7, 11) is 1.34. The third kappa shape index (κ3) is 3.11. The average molecular weight is 314 g/mol. The van der Waals surface area contributed by atoms with Crippen molar-refractivity contribution in [3.05, 3.63) is 53.1 Å². The Morgan fingerprint density at radius 2 is 1.73 bits per heavy atom. The van der Waals surface area contributed by atoms with Crippen molar-refractivity contribution in [3.8, 4) is 11.5 Å². The molecule has 22 heavy (non-hydrogen) atoms. The SMILES string of the molecule is COc1cc(/C=N\Nc2c(F)c(F)cc(F)c2F)ccc1O. The van der Waals surface area contributed by atoms with E-state index in [1.54, 1.807) is 0 Å². The predicted octanol–water partition coefficient (Wildman–Crippen LogP) is 3.40. The minimum absolute atomic E-state index is 0.100. The van der Waals surface area contributed by atoms with Crippen LogP contribution in [0.25, 0.3) is 0 Å². The summed E-state index contributed by atoms with van der Waals surface area (Å²) >= 11 is 0. The van der Waals surface area contributed by atoms with Gasteiger partial charge in [-0.05, 0) is 23.8 Å². The van der Waals surface area contributed by atoms with E-state index < -0.39 is 29.0 Å². The molecule has 0 amide bonds. The lowest BCUT2D eigenvalue weighted by molar-refractivity contribution is 0.373. The molecule has 0 aromatic heterocycles. The molecule has 0 unspecified atom stereocenters. The van der Waals surface area contributed by atoms with Gasteiger partial charge in [0.2, 0.25) is 0 Å². The first kappa shape index (κ1) is 15.6. The van der Waals surface area contributed by atoms with Crippen molar-refractivity contribution < 1.29 is 27.4 Å². The number of halogens is 4. The van der Waals surface area contributed by atoms with E-state index in [4.69, 9.17) is 4.74 Å². The molecule has 2 rings (SSSR count). The van der Waals surface area contributed by atoms with Crippen molar-refractivity contribution in [1.82, 2.24) is 0 Å². The Morgan fingerprint density at radius 1 is 1.09 bits per heavy atom. The highest BCUT2D eigenvalue weighted by Gasteiger charge is 2.18. The van der Waals surface area contributed by atoms with Gasteiger partial charge in [0.05, 0.1) is 13.3 Å². The molecule has 2 aromatic rings. The van der Waals surface area contributed by atoms with Gasteiger partial charge in [-0.2, -0.15) is 5.10 Å². The predicted molar refractivity (Wildman–Crippen MR) is 72.1 cm³/mol. The maximum absolute atomic E-state index is 13.4. The van der Waals surface area contributed by atoms with Crippen LogP contribution in [0.2, 0.25) is 0 Å². The van der Waals surface area contributed by atoms with Crippen molar-refractivity contribution >= 4 is 11.9 Å². The highest BCUT2D eigenvalue weighted by Crippen LogP contribution is 2.26. The molecule has 0 aliphatic rings. The quantitative estimate of drug-likeness (QED) is 0.393. The van der Waals surface area contributed by atoms with Crippen LogP contribution in [0.3, 0.4) is 0 Å². The van der Waals surface area contributed by atoms with Gasteiger partial charge in [0.25, 0.3) is 0 Å². The van der Waals surface area contributed by atoms with E-state index in [-0.39, 0.29) is 17.6 Å². The van der Waals surface area contributed by atoms with E-state index in [0.29, 0.717) is 5.56 Å². The van der Waals surface area contributed by atoms with Crippen LogP contribution in [-0.4, -0.2) is 18.4 Å². The molecule has 0 saturated carbocycles. The van der Waals surface area contributed by atoms with Gasteiger partial charge >= 0.3 is 0 Å². The maximum atomic E-state index is 13.4. The molecule has 2 N–H and O–H groups in total. The van der Waals surface area contributed by atoms with Gasteiger partial charge in [0, 0.05) is 6.07 Å². The number of phenols is 1. The van der Waals surface area contributed by atoms with Crippen LogP contribution in [0.1, 0.15) is 5.56 Å². The van der Waals surface area contributed by atoms with Gasteiger partial charge in [-0.1, -0.05) is 0 Å². The molecule has 0 aliphatic carbocycles. The van der Waals surface area contributed by atoms with Gasteiger partial charge in [0.15, 0.2) is 34.8 Å². The highest BCUT2D eigenvalue weighted by molar-refractivity contribution is 5.81. The van der Waals surface area contributed by atoms with Gasteiger partial charge in [-0.25, -0.2) is 17.6 Å². The number of nitrogens with zero attached hydrogens (tertiary/aromatic N) is 1. The molecule has 4 nitrogen and oxygen atoms in total. The molecule has 0 atom stereocenters. The van der Waals surface area contributed by atoms with Crippen LogP contribution in [0.4, 0.5) is 23.2 Å². The number of nitrogens with one attached hydrogen (secondary N) is 1. The summed E-state index contributed by atoms with van der Waals surface area (Å²) in [5.41, 5.74) is 1.27. The zero-order chi connectivity index (χ0) is 16.3. The average Bonchev–Trinajstić information content (AvgIpc) is 2.50. The Hall–Kier alpha value is -2.77. The molecule has 0 saturated heterocycles. The van der Waals surface area contributed by atoms with Crippen molar-refractivity contribution in [1.29, 1.82) is 0 Å². The summed E-state index contributed by atoms with van der Waals surface area (Å²) in [5.74, 6) is -6.18. The van der Waals surface area contributed by atoms with E-state index in [2.05, 4.69) is 5.10 Å². The number of anilines is 1. The van der Waals surface area contributed by atoms with E-state index in [0.717, 1.165) is 6.21 Å². The molecular formula is C14H10F4N2O2. The number of aromatic hydroxyl groups is 1. The highest BCUT2D eigenvalue weighted by atomic mass is 19.2. The van der Waals surface area contributed by atoms with E-state index in [1.807, 2.05) is 5.43 Å². The molecule has 0 radical (unpaired) electrons. The molecular weight excluding hydrogens is 304 g/mol. The molecule has 0 aliphatic heterocycles. The second kappa shape index (κ2) is 6.33. The number of ether oxygens (including phenoxy) is 1. The lowest BCUT2D eigenvalue weighted by Gasteiger charge is -2.06. The standard InChI is InChI=1S/C14H10F4N2O2/c1-22-11-4-7(2-3-10(11)21)6-19-20-14-12(17)8(15)5-9(16)13(14)18/h2-6,20-21H,1H3/b19-6-. The van der Waals surface area contributed by atoms with Gasteiger partial charge < -0.3 is 9.84 Å². The van der Waals surface area contributed by atoms with Crippen LogP contribution >= 0.6 is 0 Å². The van der Waals surface area contributed by atoms with Crippen LogP contribution in [0, 0.1) is 23.3 Å². The topological polar surface area (TPSA) is 53.8 Å². The molecule has 0 fully saturated rings. The van der Waals surface area contributed by atoms with E-state index >= 15 is 0 Å². The summed E-state index contributed by atoms with van der Waals surface area (Å²) in [6.07, 6.45) is 1.13. The molecule has 116 valence electrons. The first-order valence-corrected chi connectivity index (χ1v) is 5.93. The summed E-state index contributed by atoms with van der Waals surface area (Å²) < 4.78 is 57.6. The fourth-order valence-electron chi connectivity index (χ4n) is 1.62. The third-order valence-electron chi connectivity index (χ3n) is 2.71. The maximum Gasteiger partial charge on any atom is 0.186 e. The second-order valence-corrected chi connectivity index (χ2v) is 4.14. The molecule has 2 aromatic carbocycles. The van der Waals surface area contributed by atoms with E-state index in [9.17, 15) is 22.7 Å². The third-order valence-corrected chi connectivity index (χ3v) is 2.71. The fraction of sp³-hybridized carbons (Fsp3) is 0.0714. The van der Waals surface area contributed by atoms with Gasteiger partial charge in [-0.15, -0.1) is 0 Å². The molecule has 8 heteroatoms. The number of phenolic OH excluding ortho intramolecular Hbond substituents is 1. The number of hydrazone groups is 1. The van der Waals surface area contributed by atoms with Crippen molar-refractivity contribution in [2.45, 2.75) is 0 Å². The lowest BCUT2D eigenvalue weighted by Crippen LogP contribution is -2.02. The van der Waals surface area contributed by atoms with Crippen LogP contribution in [0.5, 0.6) is 11.5 Å². The van der Waals surface area contributed by atoms with Crippen LogP contribution < -0.4 is 10.2 Å². The van der Waals surface area contributed by atoms with Crippen molar-refractivity contribution in [2.75, 3.05) is 12.5 Å². The van der Waals surface area contributed by atoms with Crippen molar-refractivity contribution in [2.24, 2.45) is 5.10 Å². The first-order chi connectivity index (χ1) is 10.4. The molecule has 0 bridgehead atoms. The Labute approximate surface area is 122 Å². The number of rotatable bonds is 4. The van der Waals surface area contributed by atoms with Gasteiger partial charge in [-0.3, -0.25) is 5.43 Å². The largest absolute Gasteiger partial charge is 0.504 e. The minimum atomic E-state index is -1.58. The fourth-order valence-corrected chi connectivity index (χ4v) is 1.62. The number of hydrogen-bond donors (Lipinski definition) is 2. The lowest BCUT2D eigenvalue weighted by atomic mass is 10.2. The summed E-state index contributed by atoms with van der Waals surface area (Å²) in [5, 5.41) is 12.9. The summed E-state index contributed by atoms with van der Waals surface area (Å²) in [6.45, 7) is 0. The summed E-state index contributed by atoms with van der Waals surface area (Å²) in [6, 6.07) is 4.27. The van der Waals surface area contributed by atoms with Crippen molar-refractivity contribution in [3.63, 3.8) is 0 Å². The smallest absolute Gasteiger partial charge is 0.186 e. The normalized spacial score (nSPS) is 11.0.